The van der Waals surface area contributed by atoms with Crippen LogP contribution in [0.2, 0.25) is 19.6 Å². The second-order valence-electron chi connectivity index (χ2n) is 6.56. The molecule has 0 amide bonds. The van der Waals surface area contributed by atoms with E-state index in [1.165, 1.54) is 5.56 Å². The number of hydrogen-bond acceptors (Lipinski definition) is 3. The van der Waals surface area contributed by atoms with Crippen LogP contribution >= 0.6 is 0 Å². The Kier molecular flexibility index (Phi) is 5.78. The van der Waals surface area contributed by atoms with E-state index in [2.05, 4.69) is 42.0 Å². The molecule has 1 aliphatic rings. The standard InChI is InChI=1S/C16H27FN2OSi/c1-21(2,3)20-15-6-4-14(5-7-15)16(8-9-17)19-12-10-18-11-13-19/h4-7,16,18H,8-13H2,1-3H3/t16-/m0/s1. The highest BCUT2D eigenvalue weighted by Gasteiger charge is 2.22. The van der Waals surface area contributed by atoms with Gasteiger partial charge in [-0.15, -0.1) is 0 Å². The molecule has 0 bridgehead atoms. The average molecular weight is 310 g/mol. The van der Waals surface area contributed by atoms with E-state index in [-0.39, 0.29) is 12.7 Å². The average Bonchev–Trinajstić information content (AvgIpc) is 2.45. The number of hydrogen-bond donors (Lipinski definition) is 1. The normalized spacial score (nSPS) is 18.5. The first-order valence-corrected chi connectivity index (χ1v) is 11.2. The zero-order valence-corrected chi connectivity index (χ0v) is 14.4. The number of benzene rings is 1. The third kappa shape index (κ3) is 5.09. The van der Waals surface area contributed by atoms with E-state index in [1.807, 2.05) is 12.1 Å². The Balaban J connectivity index is 2.09. The van der Waals surface area contributed by atoms with Gasteiger partial charge in [-0.3, -0.25) is 9.29 Å². The molecule has 1 heterocycles. The van der Waals surface area contributed by atoms with E-state index >= 15 is 0 Å². The van der Waals surface area contributed by atoms with Crippen LogP contribution in [0.3, 0.4) is 0 Å². The SMILES string of the molecule is C[Si](C)(C)Oc1ccc([C@H](CCF)N2CCNCC2)cc1. The van der Waals surface area contributed by atoms with Crippen molar-refractivity contribution < 1.29 is 8.82 Å². The minimum atomic E-state index is -1.57. The Bertz CT molecular complexity index is 427. The molecule has 118 valence electrons. The summed E-state index contributed by atoms with van der Waals surface area (Å²) in [4.78, 5) is 2.38. The van der Waals surface area contributed by atoms with Crippen LogP contribution in [-0.2, 0) is 0 Å². The number of halogens is 1. The van der Waals surface area contributed by atoms with Crippen molar-refractivity contribution in [2.24, 2.45) is 0 Å². The van der Waals surface area contributed by atoms with Crippen molar-refractivity contribution >= 4 is 8.32 Å². The van der Waals surface area contributed by atoms with Crippen LogP contribution in [0.5, 0.6) is 5.75 Å². The third-order valence-corrected chi connectivity index (χ3v) is 4.51. The van der Waals surface area contributed by atoms with Crippen molar-refractivity contribution in [1.29, 1.82) is 0 Å². The summed E-state index contributed by atoms with van der Waals surface area (Å²) < 4.78 is 18.9. The molecule has 0 aliphatic carbocycles. The molecule has 2 rings (SSSR count). The second-order valence-corrected chi connectivity index (χ2v) is 11.0. The van der Waals surface area contributed by atoms with Crippen LogP contribution in [0.15, 0.2) is 24.3 Å². The van der Waals surface area contributed by atoms with Gasteiger partial charge in [0.15, 0.2) is 0 Å². The second kappa shape index (κ2) is 7.38. The van der Waals surface area contributed by atoms with Crippen molar-refractivity contribution in [3.8, 4) is 5.75 Å². The highest BCUT2D eigenvalue weighted by molar-refractivity contribution is 6.70. The number of piperazine rings is 1. The summed E-state index contributed by atoms with van der Waals surface area (Å²) in [6.07, 6.45) is 0.564. The van der Waals surface area contributed by atoms with E-state index in [9.17, 15) is 4.39 Å². The lowest BCUT2D eigenvalue weighted by atomic mass is 10.0. The molecule has 1 fully saturated rings. The zero-order valence-electron chi connectivity index (χ0n) is 13.4. The van der Waals surface area contributed by atoms with Gasteiger partial charge in [-0.1, -0.05) is 12.1 Å². The lowest BCUT2D eigenvalue weighted by Crippen LogP contribution is -2.45. The summed E-state index contributed by atoms with van der Waals surface area (Å²) >= 11 is 0. The first kappa shape index (κ1) is 16.5. The molecule has 1 atom stereocenters. The molecule has 1 saturated heterocycles. The molecule has 1 N–H and O–H groups in total. The summed E-state index contributed by atoms with van der Waals surface area (Å²) in [7, 11) is -1.57. The van der Waals surface area contributed by atoms with Gasteiger partial charge in [-0.25, -0.2) is 0 Å². The van der Waals surface area contributed by atoms with Gasteiger partial charge >= 0.3 is 0 Å². The molecule has 3 nitrogen and oxygen atoms in total. The Labute approximate surface area is 128 Å². The van der Waals surface area contributed by atoms with Gasteiger partial charge in [0.25, 0.3) is 0 Å². The third-order valence-electron chi connectivity index (χ3n) is 3.66. The fourth-order valence-corrected chi connectivity index (χ4v) is 3.61. The highest BCUT2D eigenvalue weighted by Crippen LogP contribution is 2.27. The van der Waals surface area contributed by atoms with Crippen LogP contribution < -0.4 is 9.74 Å². The zero-order chi connectivity index (χ0) is 15.3. The van der Waals surface area contributed by atoms with Gasteiger partial charge in [0.05, 0.1) is 6.67 Å². The van der Waals surface area contributed by atoms with Gasteiger partial charge in [0.2, 0.25) is 8.32 Å². The molecule has 1 aromatic rings. The Morgan fingerprint density at radius 1 is 1.19 bits per heavy atom. The predicted octanol–water partition coefficient (Wildman–Crippen LogP) is 3.21. The van der Waals surface area contributed by atoms with Gasteiger partial charge in [0, 0.05) is 32.2 Å². The summed E-state index contributed by atoms with van der Waals surface area (Å²) in [6, 6.07) is 8.43. The molecule has 0 saturated carbocycles. The molecular weight excluding hydrogens is 283 g/mol. The predicted molar refractivity (Wildman–Crippen MR) is 88.2 cm³/mol. The fourth-order valence-electron chi connectivity index (χ4n) is 2.77. The Morgan fingerprint density at radius 2 is 1.81 bits per heavy atom. The smallest absolute Gasteiger partial charge is 0.242 e. The van der Waals surface area contributed by atoms with Gasteiger partial charge < -0.3 is 9.74 Å². The number of nitrogens with zero attached hydrogens (tertiary/aromatic N) is 1. The van der Waals surface area contributed by atoms with E-state index in [4.69, 9.17) is 4.43 Å². The lowest BCUT2D eigenvalue weighted by Gasteiger charge is -2.35. The van der Waals surface area contributed by atoms with E-state index in [0.29, 0.717) is 6.42 Å². The van der Waals surface area contributed by atoms with Crippen molar-refractivity contribution in [1.82, 2.24) is 10.2 Å². The molecule has 5 heteroatoms. The molecule has 1 aromatic carbocycles. The molecule has 21 heavy (non-hydrogen) atoms. The maximum absolute atomic E-state index is 12.9. The highest BCUT2D eigenvalue weighted by atomic mass is 28.4. The van der Waals surface area contributed by atoms with E-state index in [0.717, 1.165) is 31.9 Å². The van der Waals surface area contributed by atoms with Crippen molar-refractivity contribution in [2.45, 2.75) is 32.1 Å². The number of nitrogens with one attached hydrogen (secondary N) is 1. The number of rotatable bonds is 6. The van der Waals surface area contributed by atoms with Crippen molar-refractivity contribution in [2.75, 3.05) is 32.9 Å². The number of alkyl halides is 1. The summed E-state index contributed by atoms with van der Waals surface area (Å²) in [5, 5.41) is 3.35. The maximum atomic E-state index is 12.9. The molecule has 0 radical (unpaired) electrons. The maximum Gasteiger partial charge on any atom is 0.242 e. The van der Waals surface area contributed by atoms with E-state index < -0.39 is 8.32 Å². The summed E-state index contributed by atoms with van der Waals surface area (Å²) in [6.45, 7) is 10.2. The van der Waals surface area contributed by atoms with Crippen LogP contribution in [-0.4, -0.2) is 46.1 Å². The first-order valence-electron chi connectivity index (χ1n) is 7.79. The van der Waals surface area contributed by atoms with Crippen LogP contribution in [0, 0.1) is 0 Å². The molecule has 0 spiro atoms. The lowest BCUT2D eigenvalue weighted by molar-refractivity contribution is 0.157. The largest absolute Gasteiger partial charge is 0.544 e. The van der Waals surface area contributed by atoms with Crippen LogP contribution in [0.4, 0.5) is 4.39 Å². The molecular formula is C16H27FN2OSi. The van der Waals surface area contributed by atoms with Gasteiger partial charge in [0.1, 0.15) is 5.75 Å². The fraction of sp³-hybridized carbons (Fsp3) is 0.625. The quantitative estimate of drug-likeness (QED) is 0.817. The molecule has 0 unspecified atom stereocenters. The van der Waals surface area contributed by atoms with Gasteiger partial charge in [-0.2, -0.15) is 0 Å². The minimum Gasteiger partial charge on any atom is -0.544 e. The van der Waals surface area contributed by atoms with Crippen molar-refractivity contribution in [3.63, 3.8) is 0 Å². The van der Waals surface area contributed by atoms with Gasteiger partial charge in [-0.05, 0) is 43.8 Å². The van der Waals surface area contributed by atoms with Crippen LogP contribution in [0.1, 0.15) is 18.0 Å². The monoisotopic (exact) mass is 310 g/mol. The molecule has 1 aliphatic heterocycles. The topological polar surface area (TPSA) is 24.5 Å². The van der Waals surface area contributed by atoms with Crippen LogP contribution in [0.25, 0.3) is 0 Å². The van der Waals surface area contributed by atoms with Crippen molar-refractivity contribution in [3.05, 3.63) is 29.8 Å². The Morgan fingerprint density at radius 3 is 2.33 bits per heavy atom. The minimum absolute atomic E-state index is 0.179. The summed E-state index contributed by atoms with van der Waals surface area (Å²) in [5.74, 6) is 0.928. The van der Waals surface area contributed by atoms with E-state index in [1.54, 1.807) is 0 Å². The summed E-state index contributed by atoms with van der Waals surface area (Å²) in [5.41, 5.74) is 1.19. The molecule has 0 aromatic heterocycles. The Hall–Kier alpha value is -0.913. The first-order chi connectivity index (χ1) is 9.99.